The summed E-state index contributed by atoms with van der Waals surface area (Å²) >= 11 is 0. The molecule has 1 N–H and O–H groups in total. The molecule has 0 unspecified atom stereocenters. The first-order valence-corrected chi connectivity index (χ1v) is 5.51. The molecule has 0 fully saturated rings. The van der Waals surface area contributed by atoms with Crippen molar-refractivity contribution in [2.45, 2.75) is 20.3 Å². The van der Waals surface area contributed by atoms with Gasteiger partial charge in [0.2, 0.25) is 0 Å². The topological polar surface area (TPSA) is 30.5 Å². The molecule has 3 heteroatoms. The second-order valence-corrected chi connectivity index (χ2v) is 3.89. The van der Waals surface area contributed by atoms with Crippen LogP contribution in [0.1, 0.15) is 16.7 Å². The van der Waals surface area contributed by atoms with Gasteiger partial charge in [-0.05, 0) is 56.6 Å². The average molecular weight is 223 g/mol. The minimum Gasteiger partial charge on any atom is -0.493 e. The van der Waals surface area contributed by atoms with E-state index in [0.717, 1.165) is 24.5 Å². The highest BCUT2D eigenvalue weighted by Crippen LogP contribution is 2.35. The zero-order valence-electron chi connectivity index (χ0n) is 10.8. The molecule has 0 aromatic heterocycles. The fourth-order valence-electron chi connectivity index (χ4n) is 2.01. The number of ether oxygens (including phenoxy) is 2. The normalized spacial score (nSPS) is 10.3. The van der Waals surface area contributed by atoms with Gasteiger partial charge in [0.1, 0.15) is 0 Å². The summed E-state index contributed by atoms with van der Waals surface area (Å²) in [5.41, 5.74) is 3.77. The van der Waals surface area contributed by atoms with E-state index in [-0.39, 0.29) is 0 Å². The summed E-state index contributed by atoms with van der Waals surface area (Å²) in [6.07, 6.45) is 1.01. The van der Waals surface area contributed by atoms with Crippen LogP contribution in [0, 0.1) is 13.8 Å². The first-order valence-electron chi connectivity index (χ1n) is 5.51. The maximum absolute atomic E-state index is 5.40. The van der Waals surface area contributed by atoms with Gasteiger partial charge in [0.15, 0.2) is 11.5 Å². The van der Waals surface area contributed by atoms with Crippen LogP contribution >= 0.6 is 0 Å². The van der Waals surface area contributed by atoms with E-state index in [9.17, 15) is 0 Å². The van der Waals surface area contributed by atoms with Gasteiger partial charge in [-0.1, -0.05) is 0 Å². The molecule has 16 heavy (non-hydrogen) atoms. The molecular formula is C13H21NO2. The molecule has 0 aliphatic rings. The van der Waals surface area contributed by atoms with Crippen LogP contribution < -0.4 is 14.8 Å². The molecule has 0 atom stereocenters. The molecular weight excluding hydrogens is 202 g/mol. The summed E-state index contributed by atoms with van der Waals surface area (Å²) in [6.45, 7) is 5.16. The molecule has 0 amide bonds. The molecule has 0 heterocycles. The van der Waals surface area contributed by atoms with E-state index in [1.807, 2.05) is 13.1 Å². The number of hydrogen-bond acceptors (Lipinski definition) is 3. The Morgan fingerprint density at radius 3 is 2.38 bits per heavy atom. The molecule has 90 valence electrons. The van der Waals surface area contributed by atoms with Crippen LogP contribution in [0.2, 0.25) is 0 Å². The van der Waals surface area contributed by atoms with E-state index in [0.29, 0.717) is 0 Å². The average Bonchev–Trinajstić information content (AvgIpc) is 2.28. The van der Waals surface area contributed by atoms with Crippen molar-refractivity contribution in [2.75, 3.05) is 27.8 Å². The zero-order chi connectivity index (χ0) is 12.1. The first-order chi connectivity index (χ1) is 7.65. The minimum atomic E-state index is 0.811. The lowest BCUT2D eigenvalue weighted by atomic mass is 9.98. The Morgan fingerprint density at radius 2 is 1.88 bits per heavy atom. The fourth-order valence-corrected chi connectivity index (χ4v) is 2.01. The molecule has 0 spiro atoms. The number of likely N-dealkylation sites (N-methyl/N-ethyl adjacent to an activating group) is 1. The highest BCUT2D eigenvalue weighted by atomic mass is 16.5. The van der Waals surface area contributed by atoms with Crippen LogP contribution in [0.5, 0.6) is 11.5 Å². The maximum Gasteiger partial charge on any atom is 0.163 e. The Bertz CT molecular complexity index is 361. The van der Waals surface area contributed by atoms with E-state index < -0.39 is 0 Å². The van der Waals surface area contributed by atoms with Crippen molar-refractivity contribution < 1.29 is 9.47 Å². The van der Waals surface area contributed by atoms with E-state index >= 15 is 0 Å². The van der Waals surface area contributed by atoms with E-state index in [1.54, 1.807) is 14.2 Å². The molecule has 3 nitrogen and oxygen atoms in total. The Hall–Kier alpha value is -1.22. The largest absolute Gasteiger partial charge is 0.493 e. The Labute approximate surface area is 97.8 Å². The summed E-state index contributed by atoms with van der Waals surface area (Å²) in [7, 11) is 5.32. The van der Waals surface area contributed by atoms with Gasteiger partial charge in [0, 0.05) is 0 Å². The SMILES string of the molecule is CNCCc1c(C)cc(OC)c(OC)c1C. The van der Waals surface area contributed by atoms with E-state index in [1.165, 1.54) is 16.7 Å². The second-order valence-electron chi connectivity index (χ2n) is 3.89. The van der Waals surface area contributed by atoms with Crippen molar-refractivity contribution in [3.63, 3.8) is 0 Å². The smallest absolute Gasteiger partial charge is 0.163 e. The summed E-state index contributed by atoms with van der Waals surface area (Å²) in [4.78, 5) is 0. The standard InChI is InChI=1S/C13H21NO2/c1-9-8-12(15-4)13(16-5)10(2)11(9)6-7-14-3/h8,14H,6-7H2,1-5H3. The third-order valence-electron chi connectivity index (χ3n) is 2.89. The summed E-state index contributed by atoms with van der Waals surface area (Å²) in [5, 5.41) is 3.16. The van der Waals surface area contributed by atoms with Gasteiger partial charge >= 0.3 is 0 Å². The predicted octanol–water partition coefficient (Wildman–Crippen LogP) is 2.08. The number of benzene rings is 1. The van der Waals surface area contributed by atoms with Crippen molar-refractivity contribution in [3.05, 3.63) is 22.8 Å². The lowest BCUT2D eigenvalue weighted by molar-refractivity contribution is 0.352. The number of methoxy groups -OCH3 is 2. The molecule has 1 aromatic carbocycles. The van der Waals surface area contributed by atoms with Crippen LogP contribution in [0.15, 0.2) is 6.07 Å². The summed E-state index contributed by atoms with van der Waals surface area (Å²) in [6, 6.07) is 2.04. The second kappa shape index (κ2) is 5.75. The number of hydrogen-bond donors (Lipinski definition) is 1. The lowest BCUT2D eigenvalue weighted by Gasteiger charge is -2.17. The minimum absolute atomic E-state index is 0.811. The van der Waals surface area contributed by atoms with Gasteiger partial charge < -0.3 is 14.8 Å². The molecule has 1 rings (SSSR count). The monoisotopic (exact) mass is 223 g/mol. The van der Waals surface area contributed by atoms with Crippen LogP contribution in [-0.4, -0.2) is 27.8 Å². The van der Waals surface area contributed by atoms with Crippen molar-refractivity contribution in [1.82, 2.24) is 5.32 Å². The van der Waals surface area contributed by atoms with Gasteiger partial charge in [-0.25, -0.2) is 0 Å². The molecule has 0 saturated heterocycles. The van der Waals surface area contributed by atoms with Crippen LogP contribution in [-0.2, 0) is 6.42 Å². The third kappa shape index (κ3) is 2.47. The molecule has 0 bridgehead atoms. The molecule has 1 aromatic rings. The number of rotatable bonds is 5. The third-order valence-corrected chi connectivity index (χ3v) is 2.89. The number of aryl methyl sites for hydroxylation is 1. The van der Waals surface area contributed by atoms with Crippen LogP contribution in [0.4, 0.5) is 0 Å². The predicted molar refractivity (Wildman–Crippen MR) is 66.7 cm³/mol. The van der Waals surface area contributed by atoms with E-state index in [4.69, 9.17) is 9.47 Å². The van der Waals surface area contributed by atoms with Crippen molar-refractivity contribution in [3.8, 4) is 11.5 Å². The van der Waals surface area contributed by atoms with Crippen molar-refractivity contribution in [1.29, 1.82) is 0 Å². The quantitative estimate of drug-likeness (QED) is 0.829. The first kappa shape index (κ1) is 12.8. The summed E-state index contributed by atoms with van der Waals surface area (Å²) in [5.74, 6) is 1.66. The van der Waals surface area contributed by atoms with Gasteiger partial charge in [-0.3, -0.25) is 0 Å². The Morgan fingerprint density at radius 1 is 1.19 bits per heavy atom. The highest BCUT2D eigenvalue weighted by Gasteiger charge is 2.13. The Balaban J connectivity index is 3.18. The fraction of sp³-hybridized carbons (Fsp3) is 0.538. The van der Waals surface area contributed by atoms with Crippen molar-refractivity contribution in [2.24, 2.45) is 0 Å². The van der Waals surface area contributed by atoms with Crippen LogP contribution in [0.25, 0.3) is 0 Å². The van der Waals surface area contributed by atoms with Gasteiger partial charge in [-0.2, -0.15) is 0 Å². The molecule has 0 saturated carbocycles. The van der Waals surface area contributed by atoms with Crippen molar-refractivity contribution >= 4 is 0 Å². The highest BCUT2D eigenvalue weighted by molar-refractivity contribution is 5.53. The van der Waals surface area contributed by atoms with Gasteiger partial charge in [0.25, 0.3) is 0 Å². The number of nitrogens with one attached hydrogen (secondary N) is 1. The van der Waals surface area contributed by atoms with Crippen LogP contribution in [0.3, 0.4) is 0 Å². The van der Waals surface area contributed by atoms with Gasteiger partial charge in [0.05, 0.1) is 14.2 Å². The lowest BCUT2D eigenvalue weighted by Crippen LogP contribution is -2.12. The maximum atomic E-state index is 5.40. The Kier molecular flexibility index (Phi) is 4.62. The van der Waals surface area contributed by atoms with E-state index in [2.05, 4.69) is 19.2 Å². The molecule has 0 aliphatic heterocycles. The molecule has 0 radical (unpaired) electrons. The zero-order valence-corrected chi connectivity index (χ0v) is 10.8. The molecule has 0 aliphatic carbocycles. The van der Waals surface area contributed by atoms with Gasteiger partial charge in [-0.15, -0.1) is 0 Å². The summed E-state index contributed by atoms with van der Waals surface area (Å²) < 4.78 is 10.7.